The van der Waals surface area contributed by atoms with Crippen LogP contribution in [0.25, 0.3) is 0 Å². The van der Waals surface area contributed by atoms with E-state index in [4.69, 9.17) is 27.0 Å². The largest absolute Gasteiger partial charge is 0.366 e. The number of rotatable bonds is 4. The Bertz CT molecular complexity index is 608. The molecule has 1 rings (SSSR count). The maximum absolute atomic E-state index is 11.6. The molecule has 0 aliphatic heterocycles. The minimum atomic E-state index is -3.91. The van der Waals surface area contributed by atoms with Gasteiger partial charge in [-0.15, -0.1) is 0 Å². The summed E-state index contributed by atoms with van der Waals surface area (Å²) in [6.45, 7) is 5.38. The normalized spacial score (nSPS) is 12.2. The van der Waals surface area contributed by atoms with Gasteiger partial charge in [-0.1, -0.05) is 11.6 Å². The second-order valence-corrected chi connectivity index (χ2v) is 7.97. The van der Waals surface area contributed by atoms with E-state index in [1.165, 1.54) is 18.2 Å². The Morgan fingerprint density at radius 3 is 2.40 bits per heavy atom. The Labute approximate surface area is 127 Å². The lowest BCUT2D eigenvalue weighted by Crippen LogP contribution is -2.27. The number of nitrogens with one attached hydrogen (secondary N) is 1. The molecule has 1 aromatic carbocycles. The Hall–Kier alpha value is -0.820. The number of benzene rings is 1. The van der Waals surface area contributed by atoms with Crippen LogP contribution in [0.5, 0.6) is 0 Å². The monoisotopic (exact) mass is 339 g/mol. The average molecular weight is 340 g/mol. The van der Waals surface area contributed by atoms with E-state index in [1.54, 1.807) is 0 Å². The molecule has 0 aliphatic carbocycles. The summed E-state index contributed by atoms with van der Waals surface area (Å²) in [5, 5.41) is 2.49. The minimum absolute atomic E-state index is 0.0606. The summed E-state index contributed by atoms with van der Waals surface area (Å²) in [5.41, 5.74) is -0.0625. The fourth-order valence-corrected chi connectivity index (χ4v) is 2.79. The van der Waals surface area contributed by atoms with Crippen molar-refractivity contribution < 1.29 is 17.9 Å². The molecule has 112 valence electrons. The lowest BCUT2D eigenvalue weighted by molar-refractivity contribution is -0.125. The Kier molecular flexibility index (Phi) is 5.43. The molecule has 5 nitrogen and oxygen atoms in total. The van der Waals surface area contributed by atoms with Crippen molar-refractivity contribution >= 4 is 42.9 Å². The van der Waals surface area contributed by atoms with E-state index in [0.717, 1.165) is 0 Å². The highest BCUT2D eigenvalue weighted by molar-refractivity contribution is 8.13. The number of anilines is 1. The van der Waals surface area contributed by atoms with E-state index in [0.29, 0.717) is 5.69 Å². The van der Waals surface area contributed by atoms with Crippen molar-refractivity contribution in [3.63, 3.8) is 0 Å². The van der Waals surface area contributed by atoms with Gasteiger partial charge in [0.2, 0.25) is 5.91 Å². The zero-order chi connectivity index (χ0) is 15.6. The fraction of sp³-hybridized carbons (Fsp3) is 0.417. The predicted molar refractivity (Wildman–Crippen MR) is 78.8 cm³/mol. The van der Waals surface area contributed by atoms with E-state index in [2.05, 4.69) is 5.32 Å². The molecule has 1 amide bonds. The van der Waals surface area contributed by atoms with Gasteiger partial charge in [-0.3, -0.25) is 4.79 Å². The summed E-state index contributed by atoms with van der Waals surface area (Å²) in [4.78, 5) is 11.4. The lowest BCUT2D eigenvalue weighted by atomic mass is 10.2. The molecule has 1 N–H and O–H groups in total. The highest BCUT2D eigenvalue weighted by atomic mass is 35.7. The van der Waals surface area contributed by atoms with Crippen molar-refractivity contribution in [3.8, 4) is 0 Å². The number of carbonyl (C=O) groups is 1. The van der Waals surface area contributed by atoms with Gasteiger partial charge < -0.3 is 10.1 Å². The van der Waals surface area contributed by atoms with Gasteiger partial charge >= 0.3 is 0 Å². The van der Waals surface area contributed by atoms with E-state index in [1.807, 2.05) is 20.8 Å². The standard InChI is InChI=1S/C12H15Cl2NO4S/c1-12(2,3)19-7-11(16)15-8-4-5-10(9(13)6-8)20(14,17)18/h4-6H,7H2,1-3H3,(H,15,16). The van der Waals surface area contributed by atoms with E-state index >= 15 is 0 Å². The topological polar surface area (TPSA) is 72.5 Å². The number of hydrogen-bond donors (Lipinski definition) is 1. The first-order valence-corrected chi connectivity index (χ1v) is 8.36. The number of ether oxygens (including phenoxy) is 1. The van der Waals surface area contributed by atoms with Crippen molar-refractivity contribution in [2.45, 2.75) is 31.3 Å². The Balaban J connectivity index is 2.76. The summed E-state index contributed by atoms with van der Waals surface area (Å²) in [5.74, 6) is -0.363. The van der Waals surface area contributed by atoms with Crippen LogP contribution < -0.4 is 5.32 Å². The third kappa shape index (κ3) is 5.66. The van der Waals surface area contributed by atoms with Gasteiger partial charge in [0.05, 0.1) is 10.6 Å². The molecule has 0 heterocycles. The van der Waals surface area contributed by atoms with E-state index < -0.39 is 14.7 Å². The van der Waals surface area contributed by atoms with Crippen LogP contribution in [0.4, 0.5) is 5.69 Å². The molecular formula is C12H15Cl2NO4S. The second-order valence-electron chi connectivity index (χ2n) is 5.03. The van der Waals surface area contributed by atoms with Gasteiger partial charge in [0.25, 0.3) is 9.05 Å². The SMILES string of the molecule is CC(C)(C)OCC(=O)Nc1ccc(S(=O)(=O)Cl)c(Cl)c1. The van der Waals surface area contributed by atoms with Crippen LogP contribution in [0.15, 0.2) is 23.1 Å². The summed E-state index contributed by atoms with van der Waals surface area (Å²) >= 11 is 5.80. The Morgan fingerprint density at radius 2 is 1.95 bits per heavy atom. The van der Waals surface area contributed by atoms with Crippen LogP contribution >= 0.6 is 22.3 Å². The second kappa shape index (κ2) is 6.30. The Morgan fingerprint density at radius 1 is 1.35 bits per heavy atom. The van der Waals surface area contributed by atoms with Crippen molar-refractivity contribution in [1.82, 2.24) is 0 Å². The van der Waals surface area contributed by atoms with Gasteiger partial charge in [-0.05, 0) is 39.0 Å². The first kappa shape index (κ1) is 17.2. The molecule has 0 saturated carbocycles. The summed E-state index contributed by atoms with van der Waals surface area (Å²) < 4.78 is 27.7. The van der Waals surface area contributed by atoms with Crippen molar-refractivity contribution in [2.75, 3.05) is 11.9 Å². The van der Waals surface area contributed by atoms with Gasteiger partial charge in [-0.25, -0.2) is 8.42 Å². The van der Waals surface area contributed by atoms with Crippen molar-refractivity contribution in [3.05, 3.63) is 23.2 Å². The van der Waals surface area contributed by atoms with Crippen LogP contribution in [-0.2, 0) is 18.6 Å². The number of halogens is 2. The molecule has 0 radical (unpaired) electrons. The van der Waals surface area contributed by atoms with E-state index in [9.17, 15) is 13.2 Å². The molecule has 8 heteroatoms. The maximum Gasteiger partial charge on any atom is 0.262 e. The molecule has 0 aliphatic rings. The van der Waals surface area contributed by atoms with Gasteiger partial charge in [0, 0.05) is 16.4 Å². The van der Waals surface area contributed by atoms with Crippen LogP contribution in [0.2, 0.25) is 5.02 Å². The maximum atomic E-state index is 11.6. The highest BCUT2D eigenvalue weighted by Gasteiger charge is 2.16. The summed E-state index contributed by atoms with van der Waals surface area (Å²) in [6, 6.07) is 3.94. The molecule has 0 atom stereocenters. The first-order chi connectivity index (χ1) is 8.99. The molecular weight excluding hydrogens is 325 g/mol. The van der Waals surface area contributed by atoms with Crippen LogP contribution in [0.1, 0.15) is 20.8 Å². The summed E-state index contributed by atoms with van der Waals surface area (Å²) in [6.07, 6.45) is 0. The van der Waals surface area contributed by atoms with Crippen molar-refractivity contribution in [1.29, 1.82) is 0 Å². The van der Waals surface area contributed by atoms with Crippen LogP contribution in [0, 0.1) is 0 Å². The van der Waals surface area contributed by atoms with Gasteiger partial charge in [-0.2, -0.15) is 0 Å². The zero-order valence-electron chi connectivity index (χ0n) is 11.2. The molecule has 0 spiro atoms. The summed E-state index contributed by atoms with van der Waals surface area (Å²) in [7, 11) is 1.30. The molecule has 0 unspecified atom stereocenters. The first-order valence-electron chi connectivity index (χ1n) is 5.67. The third-order valence-corrected chi connectivity index (χ3v) is 3.92. The molecule has 20 heavy (non-hydrogen) atoms. The molecule has 0 bridgehead atoms. The number of carbonyl (C=O) groups excluding carboxylic acids is 1. The quantitative estimate of drug-likeness (QED) is 0.855. The fourth-order valence-electron chi connectivity index (χ4n) is 1.26. The average Bonchev–Trinajstić information content (AvgIpc) is 2.23. The predicted octanol–water partition coefficient (Wildman–Crippen LogP) is 3.02. The molecule has 0 fully saturated rings. The number of amides is 1. The molecule has 0 aromatic heterocycles. The smallest absolute Gasteiger partial charge is 0.262 e. The van der Waals surface area contributed by atoms with Gasteiger partial charge in [0.1, 0.15) is 11.5 Å². The lowest BCUT2D eigenvalue weighted by Gasteiger charge is -2.19. The van der Waals surface area contributed by atoms with Crippen LogP contribution in [0.3, 0.4) is 0 Å². The third-order valence-electron chi connectivity index (χ3n) is 2.11. The minimum Gasteiger partial charge on any atom is -0.366 e. The molecule has 0 saturated heterocycles. The number of hydrogen-bond acceptors (Lipinski definition) is 4. The zero-order valence-corrected chi connectivity index (χ0v) is 13.6. The molecule has 1 aromatic rings. The highest BCUT2D eigenvalue weighted by Crippen LogP contribution is 2.27. The van der Waals surface area contributed by atoms with Crippen molar-refractivity contribution in [2.24, 2.45) is 0 Å². The van der Waals surface area contributed by atoms with E-state index in [-0.39, 0.29) is 22.4 Å². The van der Waals surface area contributed by atoms with Gasteiger partial charge in [0.15, 0.2) is 0 Å². The van der Waals surface area contributed by atoms with Crippen LogP contribution in [-0.4, -0.2) is 26.5 Å².